The zero-order chi connectivity index (χ0) is 26.1. The number of imidazole rings is 1. The van der Waals surface area contributed by atoms with Gasteiger partial charge in [0.05, 0.1) is 24.3 Å². The van der Waals surface area contributed by atoms with Gasteiger partial charge in [-0.25, -0.2) is 14.4 Å². The second-order valence-electron chi connectivity index (χ2n) is 9.88. The van der Waals surface area contributed by atoms with E-state index in [0.29, 0.717) is 48.0 Å². The minimum Gasteiger partial charge on any atom is -0.381 e. The molecule has 1 spiro atoms. The zero-order valence-electron chi connectivity index (χ0n) is 20.6. The first-order chi connectivity index (χ1) is 18.5. The van der Waals surface area contributed by atoms with Crippen molar-refractivity contribution in [3.8, 4) is 22.5 Å². The standard InChI is InChI=1S/C29H26FN5O3/c30-23-8-6-20(7-9-23)26-27(22-10-12-31-24(14-22)33-28(37)21-4-2-1-3-5-21)34(19-32-26)15-25(36)35-16-29(17-35)11-13-38-18-29/h1-10,12,14,19H,11,13,15-18H2,(H,31,33,37). The number of hydrogen-bond donors (Lipinski definition) is 1. The Morgan fingerprint density at radius 2 is 1.79 bits per heavy atom. The Hall–Kier alpha value is -4.37. The van der Waals surface area contributed by atoms with Gasteiger partial charge in [-0.2, -0.15) is 0 Å². The fraction of sp³-hybridized carbons (Fsp3) is 0.241. The summed E-state index contributed by atoms with van der Waals surface area (Å²) >= 11 is 0. The lowest BCUT2D eigenvalue weighted by atomic mass is 9.79. The summed E-state index contributed by atoms with van der Waals surface area (Å²) in [5, 5.41) is 2.84. The maximum atomic E-state index is 13.6. The molecule has 2 amide bonds. The molecule has 2 aromatic heterocycles. The van der Waals surface area contributed by atoms with Gasteiger partial charge in [0.2, 0.25) is 5.91 Å². The number of halogens is 1. The highest BCUT2D eigenvalue weighted by Gasteiger charge is 2.47. The van der Waals surface area contributed by atoms with Gasteiger partial charge in [-0.3, -0.25) is 9.59 Å². The number of hydrogen-bond acceptors (Lipinski definition) is 5. The van der Waals surface area contributed by atoms with Crippen LogP contribution in [0.5, 0.6) is 0 Å². The van der Waals surface area contributed by atoms with E-state index in [-0.39, 0.29) is 29.6 Å². The molecule has 0 radical (unpaired) electrons. The molecule has 0 saturated carbocycles. The van der Waals surface area contributed by atoms with Gasteiger partial charge in [-0.1, -0.05) is 18.2 Å². The van der Waals surface area contributed by atoms with Gasteiger partial charge >= 0.3 is 0 Å². The van der Waals surface area contributed by atoms with Crippen LogP contribution in [-0.2, 0) is 16.1 Å². The number of benzene rings is 2. The molecule has 4 aromatic rings. The van der Waals surface area contributed by atoms with Gasteiger partial charge < -0.3 is 19.5 Å². The first kappa shape index (κ1) is 24.0. The van der Waals surface area contributed by atoms with Crippen LogP contribution in [0.15, 0.2) is 79.3 Å². The summed E-state index contributed by atoms with van der Waals surface area (Å²) in [5.74, 6) is -0.257. The third kappa shape index (κ3) is 4.68. The van der Waals surface area contributed by atoms with Crippen LogP contribution in [0.4, 0.5) is 10.2 Å². The first-order valence-corrected chi connectivity index (χ1v) is 12.5. The van der Waals surface area contributed by atoms with Crippen LogP contribution in [-0.4, -0.2) is 57.6 Å². The molecule has 9 heteroatoms. The minimum atomic E-state index is -0.345. The lowest BCUT2D eigenvalue weighted by molar-refractivity contribution is -0.144. The first-order valence-electron chi connectivity index (χ1n) is 12.5. The van der Waals surface area contributed by atoms with Crippen molar-refractivity contribution in [1.29, 1.82) is 0 Å². The quantitative estimate of drug-likeness (QED) is 0.418. The molecule has 4 heterocycles. The molecule has 2 aliphatic heterocycles. The molecule has 192 valence electrons. The lowest BCUT2D eigenvalue weighted by Gasteiger charge is -2.47. The summed E-state index contributed by atoms with van der Waals surface area (Å²) in [5.41, 5.74) is 3.34. The van der Waals surface area contributed by atoms with Crippen molar-refractivity contribution in [2.24, 2.45) is 5.41 Å². The molecule has 2 aromatic carbocycles. The average molecular weight is 512 g/mol. The molecule has 38 heavy (non-hydrogen) atoms. The van der Waals surface area contributed by atoms with Crippen molar-refractivity contribution in [3.05, 3.63) is 90.6 Å². The van der Waals surface area contributed by atoms with Gasteiger partial charge in [-0.05, 0) is 55.0 Å². The van der Waals surface area contributed by atoms with E-state index in [1.165, 1.54) is 12.1 Å². The maximum absolute atomic E-state index is 13.6. The Kier molecular flexibility index (Phi) is 6.21. The second-order valence-corrected chi connectivity index (χ2v) is 9.88. The number of rotatable bonds is 6. The molecule has 2 fully saturated rings. The number of anilines is 1. The van der Waals surface area contributed by atoms with Crippen molar-refractivity contribution in [2.45, 2.75) is 13.0 Å². The molecule has 0 atom stereocenters. The van der Waals surface area contributed by atoms with Crippen LogP contribution in [0, 0.1) is 11.2 Å². The summed E-state index contributed by atoms with van der Waals surface area (Å²) in [6.45, 7) is 2.96. The Morgan fingerprint density at radius 3 is 2.53 bits per heavy atom. The highest BCUT2D eigenvalue weighted by Crippen LogP contribution is 2.39. The third-order valence-corrected chi connectivity index (χ3v) is 7.16. The van der Waals surface area contributed by atoms with Gasteiger partial charge in [0.15, 0.2) is 0 Å². The Bertz CT molecular complexity index is 1470. The summed E-state index contributed by atoms with van der Waals surface area (Å²) < 4.78 is 21.0. The highest BCUT2D eigenvalue weighted by atomic mass is 19.1. The van der Waals surface area contributed by atoms with Crippen molar-refractivity contribution in [1.82, 2.24) is 19.4 Å². The largest absolute Gasteiger partial charge is 0.381 e. The molecule has 2 saturated heterocycles. The Morgan fingerprint density at radius 1 is 1.00 bits per heavy atom. The predicted molar refractivity (Wildman–Crippen MR) is 140 cm³/mol. The monoisotopic (exact) mass is 511 g/mol. The van der Waals surface area contributed by atoms with E-state index in [1.54, 1.807) is 65.6 Å². The van der Waals surface area contributed by atoms with E-state index < -0.39 is 0 Å². The van der Waals surface area contributed by atoms with E-state index in [9.17, 15) is 14.0 Å². The smallest absolute Gasteiger partial charge is 0.256 e. The molecule has 1 N–H and O–H groups in total. The van der Waals surface area contributed by atoms with Crippen LogP contribution in [0.1, 0.15) is 16.8 Å². The molecular weight excluding hydrogens is 485 g/mol. The SMILES string of the molecule is O=C(Nc1cc(-c2c(-c3ccc(F)cc3)ncn2CC(=O)N2CC3(CCOC3)C2)ccn1)c1ccccc1. The van der Waals surface area contributed by atoms with Crippen molar-refractivity contribution in [3.63, 3.8) is 0 Å². The number of likely N-dealkylation sites (tertiary alicyclic amines) is 1. The van der Waals surface area contributed by atoms with E-state index >= 15 is 0 Å². The van der Waals surface area contributed by atoms with Crippen LogP contribution in [0.2, 0.25) is 0 Å². The fourth-order valence-electron chi connectivity index (χ4n) is 5.13. The number of ether oxygens (including phenoxy) is 1. The molecule has 8 nitrogen and oxygen atoms in total. The molecule has 0 unspecified atom stereocenters. The number of amides is 2. The van der Waals surface area contributed by atoms with Crippen LogP contribution in [0.25, 0.3) is 22.5 Å². The summed E-state index contributed by atoms with van der Waals surface area (Å²) in [4.78, 5) is 36.7. The maximum Gasteiger partial charge on any atom is 0.256 e. The van der Waals surface area contributed by atoms with Crippen LogP contribution >= 0.6 is 0 Å². The summed E-state index contributed by atoms with van der Waals surface area (Å²) in [6, 6.07) is 18.5. The lowest BCUT2D eigenvalue weighted by Crippen LogP contribution is -2.59. The number of carbonyl (C=O) groups excluding carboxylic acids is 2. The predicted octanol–water partition coefficient (Wildman–Crippen LogP) is 4.25. The molecular formula is C29H26FN5O3. The highest BCUT2D eigenvalue weighted by molar-refractivity contribution is 6.04. The van der Waals surface area contributed by atoms with Gasteiger partial charge in [-0.15, -0.1) is 0 Å². The molecule has 0 aliphatic carbocycles. The molecule has 6 rings (SSSR count). The van der Waals surface area contributed by atoms with Gasteiger partial charge in [0.25, 0.3) is 5.91 Å². The summed E-state index contributed by atoms with van der Waals surface area (Å²) in [6.07, 6.45) is 4.21. The van der Waals surface area contributed by atoms with Crippen LogP contribution < -0.4 is 5.32 Å². The Balaban J connectivity index is 1.30. The molecule has 0 bridgehead atoms. The van der Waals surface area contributed by atoms with Crippen molar-refractivity contribution in [2.75, 3.05) is 31.6 Å². The van der Waals surface area contributed by atoms with E-state index in [1.807, 2.05) is 11.0 Å². The fourth-order valence-corrected chi connectivity index (χ4v) is 5.13. The topological polar surface area (TPSA) is 89.4 Å². The van der Waals surface area contributed by atoms with Gasteiger partial charge in [0.1, 0.15) is 18.2 Å². The zero-order valence-corrected chi connectivity index (χ0v) is 20.6. The minimum absolute atomic E-state index is 0.00140. The van der Waals surface area contributed by atoms with Crippen molar-refractivity contribution < 1.29 is 18.7 Å². The number of carbonyl (C=O) groups is 2. The summed E-state index contributed by atoms with van der Waals surface area (Å²) in [7, 11) is 0. The van der Waals surface area contributed by atoms with Crippen LogP contribution in [0.3, 0.4) is 0 Å². The normalized spacial score (nSPS) is 15.9. The Labute approximate surface area is 219 Å². The number of nitrogens with one attached hydrogen (secondary N) is 1. The molecule has 2 aliphatic rings. The van der Waals surface area contributed by atoms with E-state index in [4.69, 9.17) is 4.74 Å². The van der Waals surface area contributed by atoms with E-state index in [0.717, 1.165) is 18.6 Å². The number of aromatic nitrogens is 3. The third-order valence-electron chi connectivity index (χ3n) is 7.16. The number of pyridine rings is 1. The van der Waals surface area contributed by atoms with E-state index in [2.05, 4.69) is 15.3 Å². The van der Waals surface area contributed by atoms with Crippen molar-refractivity contribution >= 4 is 17.6 Å². The second kappa shape index (κ2) is 9.83. The average Bonchev–Trinajstić information content (AvgIpc) is 3.57. The van der Waals surface area contributed by atoms with Gasteiger partial charge in [0, 0.05) is 48.0 Å². The number of nitrogens with zero attached hydrogens (tertiary/aromatic N) is 4.